The molecule has 1 aliphatic rings. The quantitative estimate of drug-likeness (QED) is 0.793. The van der Waals surface area contributed by atoms with E-state index in [9.17, 15) is 10.2 Å². The highest BCUT2D eigenvalue weighted by atomic mass is 32.2. The van der Waals surface area contributed by atoms with E-state index in [0.717, 1.165) is 17.1 Å². The minimum Gasteiger partial charge on any atom is -0.497 e. The summed E-state index contributed by atoms with van der Waals surface area (Å²) in [5.74, 6) is 1.65. The minimum absolute atomic E-state index is 0.204. The van der Waals surface area contributed by atoms with Crippen molar-refractivity contribution >= 4 is 11.8 Å². The Morgan fingerprint density at radius 2 is 2.00 bits per heavy atom. The zero-order chi connectivity index (χ0) is 15.2. The van der Waals surface area contributed by atoms with Crippen molar-refractivity contribution in [3.05, 3.63) is 29.8 Å². The summed E-state index contributed by atoms with van der Waals surface area (Å²) in [5, 5.41) is 19.4. The number of hydrogen-bond acceptors (Lipinski definition) is 6. The van der Waals surface area contributed by atoms with Crippen molar-refractivity contribution in [2.75, 3.05) is 19.5 Å². The van der Waals surface area contributed by atoms with Crippen LogP contribution in [0.15, 0.2) is 24.3 Å². The zero-order valence-electron chi connectivity index (χ0n) is 12.3. The topological polar surface area (TPSA) is 68.2 Å². The van der Waals surface area contributed by atoms with E-state index in [2.05, 4.69) is 0 Å². The lowest BCUT2D eigenvalue weighted by Crippen LogP contribution is -2.35. The molecule has 0 spiro atoms. The molecule has 2 rings (SSSR count). The molecule has 1 fully saturated rings. The third-order valence-electron chi connectivity index (χ3n) is 3.41. The van der Waals surface area contributed by atoms with Gasteiger partial charge >= 0.3 is 0 Å². The molecular weight excluding hydrogens is 292 g/mol. The van der Waals surface area contributed by atoms with Gasteiger partial charge in [-0.15, -0.1) is 11.8 Å². The molecule has 0 saturated carbocycles. The Morgan fingerprint density at radius 1 is 1.29 bits per heavy atom. The molecule has 21 heavy (non-hydrogen) atoms. The Balaban J connectivity index is 1.95. The number of ether oxygens (including phenoxy) is 3. The number of methoxy groups -OCH3 is 1. The summed E-state index contributed by atoms with van der Waals surface area (Å²) < 4.78 is 16.6. The van der Waals surface area contributed by atoms with Gasteiger partial charge in [0.05, 0.1) is 20.3 Å². The molecule has 4 atom stereocenters. The first-order chi connectivity index (χ1) is 10.2. The van der Waals surface area contributed by atoms with Crippen molar-refractivity contribution < 1.29 is 24.4 Å². The summed E-state index contributed by atoms with van der Waals surface area (Å²) in [6.45, 7) is 2.20. The van der Waals surface area contributed by atoms with Gasteiger partial charge in [-0.3, -0.25) is 0 Å². The van der Waals surface area contributed by atoms with Crippen molar-refractivity contribution in [1.82, 2.24) is 0 Å². The summed E-state index contributed by atoms with van der Waals surface area (Å²) in [4.78, 5) is 0. The van der Waals surface area contributed by atoms with E-state index >= 15 is 0 Å². The maximum atomic E-state index is 10.2. The maximum Gasteiger partial charge on any atom is 0.132 e. The van der Waals surface area contributed by atoms with E-state index in [1.165, 1.54) is 0 Å². The summed E-state index contributed by atoms with van der Waals surface area (Å²) in [5.41, 5.74) is 0.746. The largest absolute Gasteiger partial charge is 0.497 e. The third kappa shape index (κ3) is 4.11. The van der Waals surface area contributed by atoms with Gasteiger partial charge in [0.15, 0.2) is 0 Å². The number of benzene rings is 1. The van der Waals surface area contributed by atoms with E-state index < -0.39 is 18.3 Å². The fraction of sp³-hybridized carbons (Fsp3) is 0.600. The van der Waals surface area contributed by atoms with Gasteiger partial charge in [-0.05, 0) is 23.4 Å². The summed E-state index contributed by atoms with van der Waals surface area (Å²) >= 11 is 1.57. The highest BCUT2D eigenvalue weighted by Gasteiger charge is 2.44. The second-order valence-electron chi connectivity index (χ2n) is 4.80. The summed E-state index contributed by atoms with van der Waals surface area (Å²) in [6.07, 6.45) is -1.82. The van der Waals surface area contributed by atoms with Crippen LogP contribution in [0.25, 0.3) is 0 Å². The number of aliphatic hydroxyl groups is 2. The predicted octanol–water partition coefficient (Wildman–Crippen LogP) is 1.41. The molecule has 1 aliphatic heterocycles. The van der Waals surface area contributed by atoms with Crippen LogP contribution in [0.5, 0.6) is 5.75 Å². The molecule has 0 aliphatic carbocycles. The predicted molar refractivity (Wildman–Crippen MR) is 81.5 cm³/mol. The maximum absolute atomic E-state index is 10.2. The van der Waals surface area contributed by atoms with Crippen LogP contribution in [0.3, 0.4) is 0 Å². The highest BCUT2D eigenvalue weighted by Crippen LogP contribution is 2.32. The molecule has 2 N–H and O–H groups in total. The fourth-order valence-electron chi connectivity index (χ4n) is 2.24. The van der Waals surface area contributed by atoms with E-state index in [-0.39, 0.29) is 12.0 Å². The molecule has 0 unspecified atom stereocenters. The van der Waals surface area contributed by atoms with Crippen LogP contribution in [0, 0.1) is 0 Å². The van der Waals surface area contributed by atoms with Gasteiger partial charge in [0.1, 0.15) is 29.5 Å². The number of hydrogen-bond donors (Lipinski definition) is 2. The monoisotopic (exact) mass is 314 g/mol. The SMILES string of the molecule is CCS[C@H]1O[C@H](CO)[C@@H](O)[C@@H]1OCc1ccc(OC)cc1. The van der Waals surface area contributed by atoms with Crippen molar-refractivity contribution in [2.45, 2.75) is 37.3 Å². The van der Waals surface area contributed by atoms with Crippen LogP contribution in [0.2, 0.25) is 0 Å². The molecule has 0 aromatic heterocycles. The first-order valence-corrected chi connectivity index (χ1v) is 8.05. The van der Waals surface area contributed by atoms with E-state index in [1.807, 2.05) is 31.2 Å². The number of rotatable bonds is 7. The standard InChI is InChI=1S/C15H22O5S/c1-3-21-15-14(13(17)12(8-16)20-15)19-9-10-4-6-11(18-2)7-5-10/h4-7,12-17H,3,8-9H2,1-2H3/t12-,13-,14+,15-/m1/s1. The van der Waals surface area contributed by atoms with E-state index in [4.69, 9.17) is 14.2 Å². The van der Waals surface area contributed by atoms with Crippen molar-refractivity contribution in [3.63, 3.8) is 0 Å². The van der Waals surface area contributed by atoms with Crippen LogP contribution >= 0.6 is 11.8 Å². The van der Waals surface area contributed by atoms with Crippen molar-refractivity contribution in [3.8, 4) is 5.75 Å². The molecule has 1 aromatic rings. The second-order valence-corrected chi connectivity index (χ2v) is 6.17. The zero-order valence-corrected chi connectivity index (χ0v) is 13.1. The van der Waals surface area contributed by atoms with Crippen LogP contribution in [0.4, 0.5) is 0 Å². The van der Waals surface area contributed by atoms with Crippen molar-refractivity contribution in [1.29, 1.82) is 0 Å². The highest BCUT2D eigenvalue weighted by molar-refractivity contribution is 7.99. The van der Waals surface area contributed by atoms with Crippen LogP contribution < -0.4 is 4.74 Å². The van der Waals surface area contributed by atoms with Crippen molar-refractivity contribution in [2.24, 2.45) is 0 Å². The van der Waals surface area contributed by atoms with Gasteiger partial charge in [-0.2, -0.15) is 0 Å². The van der Waals surface area contributed by atoms with Gasteiger partial charge in [-0.1, -0.05) is 19.1 Å². The van der Waals surface area contributed by atoms with Gasteiger partial charge in [-0.25, -0.2) is 0 Å². The number of thioether (sulfide) groups is 1. The number of aliphatic hydroxyl groups excluding tert-OH is 2. The first-order valence-electron chi connectivity index (χ1n) is 7.00. The lowest BCUT2D eigenvalue weighted by molar-refractivity contribution is -0.0350. The molecular formula is C15H22O5S. The molecule has 1 saturated heterocycles. The molecule has 0 bridgehead atoms. The van der Waals surface area contributed by atoms with Gasteiger partial charge in [0.25, 0.3) is 0 Å². The van der Waals surface area contributed by atoms with E-state index in [0.29, 0.717) is 6.61 Å². The average molecular weight is 314 g/mol. The molecule has 5 nitrogen and oxygen atoms in total. The third-order valence-corrected chi connectivity index (χ3v) is 4.45. The van der Waals surface area contributed by atoms with Crippen LogP contribution in [-0.4, -0.2) is 53.4 Å². The fourth-order valence-corrected chi connectivity index (χ4v) is 3.22. The van der Waals surface area contributed by atoms with Crippen LogP contribution in [-0.2, 0) is 16.1 Å². The van der Waals surface area contributed by atoms with Gasteiger partial charge < -0.3 is 24.4 Å². The summed E-state index contributed by atoms with van der Waals surface area (Å²) in [6, 6.07) is 7.59. The normalized spacial score (nSPS) is 28.8. The first kappa shape index (κ1) is 16.6. The second kappa shape index (κ2) is 8.00. The molecule has 1 heterocycles. The lowest BCUT2D eigenvalue weighted by atomic mass is 10.1. The molecule has 1 aromatic carbocycles. The molecule has 118 valence electrons. The minimum atomic E-state index is -0.808. The molecule has 6 heteroatoms. The Morgan fingerprint density at radius 3 is 2.57 bits per heavy atom. The Bertz CT molecular complexity index is 425. The van der Waals surface area contributed by atoms with E-state index in [1.54, 1.807) is 18.9 Å². The average Bonchev–Trinajstić information content (AvgIpc) is 2.82. The molecule has 0 radical (unpaired) electrons. The summed E-state index contributed by atoms with van der Waals surface area (Å²) in [7, 11) is 1.62. The Hall–Kier alpha value is -0.790. The van der Waals surface area contributed by atoms with Crippen LogP contribution in [0.1, 0.15) is 12.5 Å². The van der Waals surface area contributed by atoms with Gasteiger partial charge in [0, 0.05) is 0 Å². The van der Waals surface area contributed by atoms with Gasteiger partial charge in [0.2, 0.25) is 0 Å². The smallest absolute Gasteiger partial charge is 0.132 e. The Kier molecular flexibility index (Phi) is 6.32. The Labute approximate surface area is 129 Å². The lowest BCUT2D eigenvalue weighted by Gasteiger charge is -2.20. The molecule has 0 amide bonds.